The standard InChI is InChI=1S/C24H33N3O4/c1-3-31-20-6-4-19(5-7-20)27-22(28)16-21(24(27)30)25-14-10-18(11-15-25)23(29)26-12-8-17(2)9-13-26/h4-7,17-18,21H,3,8-16H2,1-2H3/t21-/m0/s1. The van der Waals surface area contributed by atoms with E-state index in [1.807, 2.05) is 11.8 Å². The lowest BCUT2D eigenvalue weighted by atomic mass is 9.92. The fraction of sp³-hybridized carbons (Fsp3) is 0.625. The summed E-state index contributed by atoms with van der Waals surface area (Å²) in [4.78, 5) is 44.0. The number of nitrogens with zero attached hydrogens (tertiary/aromatic N) is 3. The number of rotatable bonds is 5. The van der Waals surface area contributed by atoms with Gasteiger partial charge in [-0.3, -0.25) is 19.3 Å². The third-order valence-electron chi connectivity index (χ3n) is 6.94. The zero-order valence-corrected chi connectivity index (χ0v) is 18.6. The molecule has 3 heterocycles. The summed E-state index contributed by atoms with van der Waals surface area (Å²) in [6, 6.07) is 6.66. The second-order valence-electron chi connectivity index (χ2n) is 9.03. The minimum Gasteiger partial charge on any atom is -0.494 e. The summed E-state index contributed by atoms with van der Waals surface area (Å²) >= 11 is 0. The Morgan fingerprint density at radius 2 is 1.65 bits per heavy atom. The summed E-state index contributed by atoms with van der Waals surface area (Å²) in [7, 11) is 0. The lowest BCUT2D eigenvalue weighted by molar-refractivity contribution is -0.138. The average Bonchev–Trinajstić information content (AvgIpc) is 3.09. The molecule has 1 aromatic rings. The summed E-state index contributed by atoms with van der Waals surface area (Å²) in [5.74, 6) is 1.41. The summed E-state index contributed by atoms with van der Waals surface area (Å²) in [5, 5.41) is 0. The van der Waals surface area contributed by atoms with E-state index < -0.39 is 6.04 Å². The number of ether oxygens (including phenoxy) is 1. The smallest absolute Gasteiger partial charge is 0.251 e. The maximum atomic E-state index is 13.1. The van der Waals surface area contributed by atoms with Gasteiger partial charge in [-0.25, -0.2) is 4.90 Å². The van der Waals surface area contributed by atoms with Crippen molar-refractivity contribution in [1.29, 1.82) is 0 Å². The van der Waals surface area contributed by atoms with E-state index >= 15 is 0 Å². The molecule has 0 aromatic heterocycles. The van der Waals surface area contributed by atoms with Crippen LogP contribution in [-0.2, 0) is 14.4 Å². The number of anilines is 1. The van der Waals surface area contributed by atoms with Gasteiger partial charge in [-0.1, -0.05) is 6.92 Å². The highest BCUT2D eigenvalue weighted by Gasteiger charge is 2.44. The van der Waals surface area contributed by atoms with Crippen LogP contribution in [0.1, 0.15) is 46.0 Å². The number of hydrogen-bond acceptors (Lipinski definition) is 5. The van der Waals surface area contributed by atoms with Crippen molar-refractivity contribution in [2.24, 2.45) is 11.8 Å². The number of amides is 3. The second-order valence-corrected chi connectivity index (χ2v) is 9.03. The largest absolute Gasteiger partial charge is 0.494 e. The molecular formula is C24H33N3O4. The van der Waals surface area contributed by atoms with E-state index in [9.17, 15) is 14.4 Å². The molecule has 31 heavy (non-hydrogen) atoms. The van der Waals surface area contributed by atoms with Crippen molar-refractivity contribution < 1.29 is 19.1 Å². The molecule has 4 rings (SSSR count). The van der Waals surface area contributed by atoms with Gasteiger partial charge in [-0.2, -0.15) is 0 Å². The number of likely N-dealkylation sites (tertiary alicyclic amines) is 2. The maximum absolute atomic E-state index is 13.1. The molecule has 3 saturated heterocycles. The molecule has 0 N–H and O–H groups in total. The minimum atomic E-state index is -0.425. The predicted molar refractivity (Wildman–Crippen MR) is 118 cm³/mol. The van der Waals surface area contributed by atoms with Crippen molar-refractivity contribution >= 4 is 23.4 Å². The van der Waals surface area contributed by atoms with E-state index in [0.29, 0.717) is 31.3 Å². The van der Waals surface area contributed by atoms with Crippen LogP contribution in [0.5, 0.6) is 5.75 Å². The van der Waals surface area contributed by atoms with Gasteiger partial charge in [0.2, 0.25) is 11.8 Å². The lowest BCUT2D eigenvalue weighted by Gasteiger charge is -2.38. The third-order valence-corrected chi connectivity index (χ3v) is 6.94. The van der Waals surface area contributed by atoms with Crippen molar-refractivity contribution in [2.75, 3.05) is 37.7 Å². The molecule has 3 aliphatic heterocycles. The first-order valence-corrected chi connectivity index (χ1v) is 11.6. The van der Waals surface area contributed by atoms with Crippen LogP contribution < -0.4 is 9.64 Å². The highest BCUT2D eigenvalue weighted by Crippen LogP contribution is 2.30. The van der Waals surface area contributed by atoms with Crippen LogP contribution >= 0.6 is 0 Å². The lowest BCUT2D eigenvalue weighted by Crippen LogP contribution is -2.49. The normalized spacial score (nSPS) is 24.1. The van der Waals surface area contributed by atoms with Crippen molar-refractivity contribution in [3.05, 3.63) is 24.3 Å². The predicted octanol–water partition coefficient (Wildman–Crippen LogP) is 2.69. The molecule has 7 heteroatoms. The molecule has 0 saturated carbocycles. The number of hydrogen-bond donors (Lipinski definition) is 0. The SMILES string of the molecule is CCOc1ccc(N2C(=O)C[C@H](N3CCC(C(=O)N4CCC(C)CC4)CC3)C2=O)cc1. The summed E-state index contributed by atoms with van der Waals surface area (Å²) in [5.41, 5.74) is 0.588. The molecule has 168 valence electrons. The molecule has 0 radical (unpaired) electrons. The maximum Gasteiger partial charge on any atom is 0.251 e. The van der Waals surface area contributed by atoms with Gasteiger partial charge in [0.15, 0.2) is 0 Å². The minimum absolute atomic E-state index is 0.0408. The van der Waals surface area contributed by atoms with E-state index in [-0.39, 0.29) is 30.1 Å². The monoisotopic (exact) mass is 427 g/mol. The number of carbonyl (C=O) groups excluding carboxylic acids is 3. The Morgan fingerprint density at radius 3 is 2.26 bits per heavy atom. The third kappa shape index (κ3) is 4.61. The molecule has 0 bridgehead atoms. The van der Waals surface area contributed by atoms with Gasteiger partial charge >= 0.3 is 0 Å². The summed E-state index contributed by atoms with van der Waals surface area (Å²) in [6.07, 6.45) is 3.89. The Labute approximate surface area is 184 Å². The summed E-state index contributed by atoms with van der Waals surface area (Å²) < 4.78 is 5.44. The van der Waals surface area contributed by atoms with Crippen molar-refractivity contribution in [3.8, 4) is 5.75 Å². The van der Waals surface area contributed by atoms with Crippen LogP contribution in [0, 0.1) is 11.8 Å². The first-order chi connectivity index (χ1) is 15.0. The number of piperidine rings is 2. The first kappa shape index (κ1) is 21.8. The quantitative estimate of drug-likeness (QED) is 0.676. The van der Waals surface area contributed by atoms with E-state index in [0.717, 1.165) is 44.5 Å². The molecule has 1 atom stereocenters. The molecule has 7 nitrogen and oxygen atoms in total. The number of imide groups is 1. The van der Waals surface area contributed by atoms with Gasteiger partial charge in [0.05, 0.1) is 24.8 Å². The van der Waals surface area contributed by atoms with Gasteiger partial charge in [0.25, 0.3) is 5.91 Å². The fourth-order valence-electron chi connectivity index (χ4n) is 4.98. The Bertz CT molecular complexity index is 809. The van der Waals surface area contributed by atoms with Gasteiger partial charge in [-0.15, -0.1) is 0 Å². The number of benzene rings is 1. The van der Waals surface area contributed by atoms with Gasteiger partial charge in [0, 0.05) is 19.0 Å². The molecular weight excluding hydrogens is 394 g/mol. The molecule has 3 fully saturated rings. The van der Waals surface area contributed by atoms with Crippen LogP contribution in [0.15, 0.2) is 24.3 Å². The van der Waals surface area contributed by atoms with Gasteiger partial charge in [-0.05, 0) is 75.9 Å². The van der Waals surface area contributed by atoms with Crippen molar-refractivity contribution in [2.45, 2.75) is 52.0 Å². The van der Waals surface area contributed by atoms with Crippen LogP contribution in [-0.4, -0.2) is 66.3 Å². The van der Waals surface area contributed by atoms with E-state index in [4.69, 9.17) is 4.74 Å². The zero-order valence-electron chi connectivity index (χ0n) is 18.6. The highest BCUT2D eigenvalue weighted by atomic mass is 16.5. The highest BCUT2D eigenvalue weighted by molar-refractivity contribution is 6.22. The first-order valence-electron chi connectivity index (χ1n) is 11.6. The molecule has 3 aliphatic rings. The topological polar surface area (TPSA) is 70.2 Å². The Morgan fingerprint density at radius 1 is 1.00 bits per heavy atom. The van der Waals surface area contributed by atoms with E-state index in [2.05, 4.69) is 11.8 Å². The number of carbonyl (C=O) groups is 3. The van der Waals surface area contributed by atoms with Crippen LogP contribution in [0.2, 0.25) is 0 Å². The van der Waals surface area contributed by atoms with Crippen molar-refractivity contribution in [1.82, 2.24) is 9.80 Å². The molecule has 1 aromatic carbocycles. The Hall–Kier alpha value is -2.41. The second kappa shape index (κ2) is 9.39. The van der Waals surface area contributed by atoms with E-state index in [1.165, 1.54) is 4.90 Å². The zero-order chi connectivity index (χ0) is 22.0. The fourth-order valence-corrected chi connectivity index (χ4v) is 4.98. The van der Waals surface area contributed by atoms with Gasteiger partial charge < -0.3 is 9.64 Å². The van der Waals surface area contributed by atoms with Crippen LogP contribution in [0.25, 0.3) is 0 Å². The Kier molecular flexibility index (Phi) is 6.60. The molecule has 3 amide bonds. The Balaban J connectivity index is 1.34. The van der Waals surface area contributed by atoms with Crippen LogP contribution in [0.3, 0.4) is 0 Å². The van der Waals surface area contributed by atoms with Gasteiger partial charge in [0.1, 0.15) is 5.75 Å². The van der Waals surface area contributed by atoms with Crippen molar-refractivity contribution in [3.63, 3.8) is 0 Å². The molecule has 0 aliphatic carbocycles. The van der Waals surface area contributed by atoms with Crippen LogP contribution in [0.4, 0.5) is 5.69 Å². The average molecular weight is 428 g/mol. The summed E-state index contributed by atoms with van der Waals surface area (Å²) in [6.45, 7) is 7.83. The van der Waals surface area contributed by atoms with E-state index in [1.54, 1.807) is 24.3 Å². The molecule has 0 spiro atoms. The molecule has 0 unspecified atom stereocenters.